The van der Waals surface area contributed by atoms with Gasteiger partial charge in [0, 0.05) is 19.0 Å². The van der Waals surface area contributed by atoms with Gasteiger partial charge in [0.05, 0.1) is 0 Å². The summed E-state index contributed by atoms with van der Waals surface area (Å²) in [5.41, 5.74) is 0.962. The minimum atomic E-state index is -0.526. The van der Waals surface area contributed by atoms with Crippen LogP contribution in [0.3, 0.4) is 0 Å². The summed E-state index contributed by atoms with van der Waals surface area (Å²) in [5.74, 6) is -0.330. The zero-order valence-electron chi connectivity index (χ0n) is 11.2. The van der Waals surface area contributed by atoms with Gasteiger partial charge in [0.15, 0.2) is 5.82 Å². The molecule has 0 saturated heterocycles. The Labute approximate surface area is 116 Å². The number of hydrazone groups is 1. The van der Waals surface area contributed by atoms with Crippen LogP contribution in [0.5, 0.6) is 0 Å². The number of pyridine rings is 1. The Balaban J connectivity index is 2.16. The molecule has 0 aliphatic carbocycles. The van der Waals surface area contributed by atoms with Crippen molar-refractivity contribution in [1.82, 2.24) is 4.98 Å². The quantitative estimate of drug-likeness (QED) is 0.618. The molecule has 0 atom stereocenters. The van der Waals surface area contributed by atoms with E-state index in [4.69, 9.17) is 4.74 Å². The van der Waals surface area contributed by atoms with Crippen LogP contribution < -0.4 is 5.01 Å². The van der Waals surface area contributed by atoms with Crippen LogP contribution in [0.15, 0.2) is 41.6 Å². The molecular weight excluding hydrogens is 258 g/mol. The second kappa shape index (κ2) is 6.10. The van der Waals surface area contributed by atoms with E-state index in [9.17, 15) is 9.59 Å². The number of carbonyl (C=O) groups is 2. The molecule has 20 heavy (non-hydrogen) atoms. The predicted octanol–water partition coefficient (Wildman–Crippen LogP) is 1.68. The smallest absolute Gasteiger partial charge is 0.354 e. The van der Waals surface area contributed by atoms with E-state index in [1.165, 1.54) is 0 Å². The normalized spacial score (nSPS) is 14.8. The summed E-state index contributed by atoms with van der Waals surface area (Å²) in [6, 6.07) is 5.14. The fourth-order valence-corrected chi connectivity index (χ4v) is 1.63. The Hall–Kier alpha value is -2.50. The van der Waals surface area contributed by atoms with Crippen LogP contribution in [0.1, 0.15) is 19.8 Å². The second-order valence-corrected chi connectivity index (χ2v) is 4.47. The molecule has 1 aliphatic heterocycles. The summed E-state index contributed by atoms with van der Waals surface area (Å²) in [6.45, 7) is 5.57. The van der Waals surface area contributed by atoms with Crippen LogP contribution in [-0.4, -0.2) is 29.2 Å². The molecule has 0 unspecified atom stereocenters. The summed E-state index contributed by atoms with van der Waals surface area (Å²) in [7, 11) is 0. The van der Waals surface area contributed by atoms with Crippen molar-refractivity contribution < 1.29 is 14.3 Å². The number of ether oxygens (including phenoxy) is 1. The van der Waals surface area contributed by atoms with Crippen molar-refractivity contribution in [3.63, 3.8) is 0 Å². The molecule has 2 heterocycles. The van der Waals surface area contributed by atoms with Crippen LogP contribution in [-0.2, 0) is 14.3 Å². The highest BCUT2D eigenvalue weighted by molar-refractivity contribution is 6.37. The molecule has 1 amide bonds. The number of esters is 1. The van der Waals surface area contributed by atoms with Gasteiger partial charge < -0.3 is 4.74 Å². The van der Waals surface area contributed by atoms with Crippen molar-refractivity contribution in [3.05, 3.63) is 36.5 Å². The Morgan fingerprint density at radius 2 is 2.25 bits per heavy atom. The summed E-state index contributed by atoms with van der Waals surface area (Å²) >= 11 is 0. The van der Waals surface area contributed by atoms with Crippen molar-refractivity contribution in [3.8, 4) is 0 Å². The van der Waals surface area contributed by atoms with Crippen molar-refractivity contribution >= 4 is 23.4 Å². The standard InChI is InChI=1S/C14H15N3O3/c1-10(2)9-20-14(19)11-6-7-13(18)17(16-11)12-5-3-4-8-15-12/h3-5,8H,1,6-7,9H2,2H3. The third-order valence-electron chi connectivity index (χ3n) is 2.58. The van der Waals surface area contributed by atoms with E-state index in [1.54, 1.807) is 31.3 Å². The maximum Gasteiger partial charge on any atom is 0.354 e. The number of rotatable bonds is 4. The van der Waals surface area contributed by atoms with Crippen molar-refractivity contribution in [2.24, 2.45) is 5.10 Å². The van der Waals surface area contributed by atoms with E-state index in [2.05, 4.69) is 16.7 Å². The maximum atomic E-state index is 11.8. The number of hydrogen-bond donors (Lipinski definition) is 0. The third-order valence-corrected chi connectivity index (χ3v) is 2.58. The molecule has 0 spiro atoms. The van der Waals surface area contributed by atoms with Gasteiger partial charge in [-0.2, -0.15) is 10.1 Å². The first kappa shape index (κ1) is 13.9. The number of carbonyl (C=O) groups excluding carboxylic acids is 2. The van der Waals surface area contributed by atoms with E-state index in [0.717, 1.165) is 10.6 Å². The molecule has 0 saturated carbocycles. The van der Waals surface area contributed by atoms with Gasteiger partial charge in [-0.1, -0.05) is 12.6 Å². The molecule has 6 nitrogen and oxygen atoms in total. The zero-order valence-corrected chi connectivity index (χ0v) is 11.2. The lowest BCUT2D eigenvalue weighted by molar-refractivity contribution is -0.134. The lowest BCUT2D eigenvalue weighted by Crippen LogP contribution is -2.35. The van der Waals surface area contributed by atoms with Gasteiger partial charge in [-0.25, -0.2) is 9.78 Å². The summed E-state index contributed by atoms with van der Waals surface area (Å²) in [5, 5.41) is 5.18. The van der Waals surface area contributed by atoms with E-state index in [0.29, 0.717) is 5.82 Å². The number of anilines is 1. The molecule has 6 heteroatoms. The van der Waals surface area contributed by atoms with E-state index in [-0.39, 0.29) is 31.1 Å². The average molecular weight is 273 g/mol. The molecular formula is C14H15N3O3. The lowest BCUT2D eigenvalue weighted by atomic mass is 10.1. The molecule has 1 aromatic heterocycles. The molecule has 0 N–H and O–H groups in total. The van der Waals surface area contributed by atoms with Gasteiger partial charge >= 0.3 is 5.97 Å². The first-order valence-corrected chi connectivity index (χ1v) is 6.21. The highest BCUT2D eigenvalue weighted by Crippen LogP contribution is 2.17. The van der Waals surface area contributed by atoms with Gasteiger partial charge in [0.2, 0.25) is 5.91 Å². The van der Waals surface area contributed by atoms with Crippen molar-refractivity contribution in [2.75, 3.05) is 11.6 Å². The summed E-state index contributed by atoms with van der Waals surface area (Å²) in [4.78, 5) is 27.7. The van der Waals surface area contributed by atoms with Crippen molar-refractivity contribution in [2.45, 2.75) is 19.8 Å². The largest absolute Gasteiger partial charge is 0.457 e. The van der Waals surface area contributed by atoms with Crippen LogP contribution in [0, 0.1) is 0 Å². The fraction of sp³-hybridized carbons (Fsp3) is 0.286. The Morgan fingerprint density at radius 3 is 2.90 bits per heavy atom. The summed E-state index contributed by atoms with van der Waals surface area (Å²) in [6.07, 6.45) is 2.04. The molecule has 0 fully saturated rings. The van der Waals surface area contributed by atoms with Crippen LogP contribution in [0.25, 0.3) is 0 Å². The molecule has 0 aromatic carbocycles. The van der Waals surface area contributed by atoms with E-state index < -0.39 is 5.97 Å². The predicted molar refractivity (Wildman–Crippen MR) is 74.2 cm³/mol. The van der Waals surface area contributed by atoms with Crippen LogP contribution >= 0.6 is 0 Å². The van der Waals surface area contributed by atoms with Gasteiger partial charge in [-0.05, 0) is 24.6 Å². The first-order chi connectivity index (χ1) is 9.58. The Kier molecular flexibility index (Phi) is 4.24. The second-order valence-electron chi connectivity index (χ2n) is 4.47. The molecule has 1 aromatic rings. The van der Waals surface area contributed by atoms with Crippen LogP contribution in [0.2, 0.25) is 0 Å². The molecule has 104 valence electrons. The minimum Gasteiger partial charge on any atom is -0.457 e. The molecule has 1 aliphatic rings. The van der Waals surface area contributed by atoms with Crippen molar-refractivity contribution in [1.29, 1.82) is 0 Å². The highest BCUT2D eigenvalue weighted by Gasteiger charge is 2.26. The van der Waals surface area contributed by atoms with Gasteiger partial charge in [0.25, 0.3) is 0 Å². The van der Waals surface area contributed by atoms with Gasteiger partial charge in [0.1, 0.15) is 12.3 Å². The Morgan fingerprint density at radius 1 is 1.45 bits per heavy atom. The number of hydrogen-bond acceptors (Lipinski definition) is 5. The topological polar surface area (TPSA) is 71.9 Å². The molecule has 0 bridgehead atoms. The monoisotopic (exact) mass is 273 g/mol. The average Bonchev–Trinajstić information content (AvgIpc) is 2.46. The van der Waals surface area contributed by atoms with E-state index in [1.807, 2.05) is 0 Å². The SMILES string of the molecule is C=C(C)COC(=O)C1=NN(c2ccccn2)C(=O)CC1. The maximum absolute atomic E-state index is 11.8. The third kappa shape index (κ3) is 3.28. The number of amides is 1. The first-order valence-electron chi connectivity index (χ1n) is 6.21. The molecule has 0 radical (unpaired) electrons. The highest BCUT2D eigenvalue weighted by atomic mass is 16.5. The van der Waals surface area contributed by atoms with Gasteiger partial charge in [-0.3, -0.25) is 4.79 Å². The van der Waals surface area contributed by atoms with Gasteiger partial charge in [-0.15, -0.1) is 0 Å². The zero-order chi connectivity index (χ0) is 14.5. The van der Waals surface area contributed by atoms with E-state index >= 15 is 0 Å². The summed E-state index contributed by atoms with van der Waals surface area (Å²) < 4.78 is 5.03. The number of aromatic nitrogens is 1. The van der Waals surface area contributed by atoms with Crippen LogP contribution in [0.4, 0.5) is 5.82 Å². The molecule has 2 rings (SSSR count). The number of nitrogens with zero attached hydrogens (tertiary/aromatic N) is 3. The Bertz CT molecular complexity index is 566. The minimum absolute atomic E-state index is 0.148. The lowest BCUT2D eigenvalue weighted by Gasteiger charge is -2.21. The fourth-order valence-electron chi connectivity index (χ4n) is 1.63.